The summed E-state index contributed by atoms with van der Waals surface area (Å²) in [6.45, 7) is 3.31. The van der Waals surface area contributed by atoms with Gasteiger partial charge in [-0.05, 0) is 6.42 Å². The predicted octanol–water partition coefficient (Wildman–Crippen LogP) is 3.01. The molecule has 1 N–H and O–H groups in total. The quantitative estimate of drug-likeness (QED) is 0.840. The fraction of sp³-hybridized carbons (Fsp3) is 0.750. The summed E-state index contributed by atoms with van der Waals surface area (Å²) in [4.78, 5) is 5.61. The largest absolute Gasteiger partial charge is 0.401 e. The maximum absolute atomic E-state index is 12.4. The third-order valence-electron chi connectivity index (χ3n) is 2.48. The number of halogens is 3. The minimum Gasteiger partial charge on any atom is -0.396 e. The van der Waals surface area contributed by atoms with E-state index < -0.39 is 12.7 Å². The van der Waals surface area contributed by atoms with Crippen molar-refractivity contribution in [2.75, 3.05) is 19.7 Å². The van der Waals surface area contributed by atoms with E-state index in [1.165, 1.54) is 16.2 Å². The van der Waals surface area contributed by atoms with Crippen LogP contribution in [0.4, 0.5) is 13.2 Å². The number of alkyl halides is 3. The summed E-state index contributed by atoms with van der Waals surface area (Å²) >= 11 is 1.47. The van der Waals surface area contributed by atoms with Crippen molar-refractivity contribution in [1.82, 2.24) is 9.88 Å². The lowest BCUT2D eigenvalue weighted by Crippen LogP contribution is -2.35. The van der Waals surface area contributed by atoms with Crippen LogP contribution in [-0.2, 0) is 6.54 Å². The van der Waals surface area contributed by atoms with Crippen LogP contribution >= 0.6 is 11.3 Å². The molecule has 1 aromatic rings. The van der Waals surface area contributed by atoms with Gasteiger partial charge in [-0.1, -0.05) is 13.8 Å². The molecule has 7 heteroatoms. The second kappa shape index (κ2) is 7.21. The van der Waals surface area contributed by atoms with E-state index in [0.717, 1.165) is 5.01 Å². The van der Waals surface area contributed by atoms with E-state index >= 15 is 0 Å². The van der Waals surface area contributed by atoms with Gasteiger partial charge in [-0.15, -0.1) is 11.3 Å². The summed E-state index contributed by atoms with van der Waals surface area (Å²) in [7, 11) is 0. The second-order valence-electron chi connectivity index (χ2n) is 4.73. The molecule has 0 aliphatic heterocycles. The Balaban J connectivity index is 2.64. The maximum atomic E-state index is 12.4. The van der Waals surface area contributed by atoms with E-state index in [2.05, 4.69) is 4.98 Å². The lowest BCUT2D eigenvalue weighted by Gasteiger charge is -2.22. The molecular formula is C12H19F3N2OS. The van der Waals surface area contributed by atoms with Gasteiger partial charge >= 0.3 is 6.18 Å². The summed E-state index contributed by atoms with van der Waals surface area (Å²) in [5.74, 6) is 0.284. The molecule has 19 heavy (non-hydrogen) atoms. The number of rotatable bonds is 7. The van der Waals surface area contributed by atoms with Gasteiger partial charge in [0.05, 0.1) is 17.2 Å². The normalized spacial score (nSPS) is 12.6. The number of hydrogen-bond acceptors (Lipinski definition) is 4. The lowest BCUT2D eigenvalue weighted by molar-refractivity contribution is -0.147. The Bertz CT molecular complexity index is 379. The number of aliphatic hydroxyl groups excluding tert-OH is 1. The van der Waals surface area contributed by atoms with E-state index in [1.54, 1.807) is 5.38 Å². The van der Waals surface area contributed by atoms with Gasteiger partial charge < -0.3 is 5.11 Å². The fourth-order valence-electron chi connectivity index (χ4n) is 1.65. The molecule has 0 unspecified atom stereocenters. The van der Waals surface area contributed by atoms with Crippen molar-refractivity contribution in [1.29, 1.82) is 0 Å². The second-order valence-corrected chi connectivity index (χ2v) is 5.62. The van der Waals surface area contributed by atoms with E-state index in [1.807, 2.05) is 13.8 Å². The highest BCUT2D eigenvalue weighted by Crippen LogP contribution is 2.22. The third-order valence-corrected chi connectivity index (χ3v) is 3.68. The number of aromatic nitrogens is 1. The summed E-state index contributed by atoms with van der Waals surface area (Å²) in [5.41, 5.74) is 0.663. The van der Waals surface area contributed by atoms with Crippen LogP contribution in [0.2, 0.25) is 0 Å². The molecule has 0 atom stereocenters. The van der Waals surface area contributed by atoms with Gasteiger partial charge in [-0.2, -0.15) is 13.2 Å². The smallest absolute Gasteiger partial charge is 0.396 e. The van der Waals surface area contributed by atoms with Crippen LogP contribution in [0.25, 0.3) is 0 Å². The van der Waals surface area contributed by atoms with Crippen molar-refractivity contribution in [3.63, 3.8) is 0 Å². The van der Waals surface area contributed by atoms with Gasteiger partial charge in [-0.25, -0.2) is 4.98 Å². The third kappa shape index (κ3) is 6.35. The molecule has 3 nitrogen and oxygen atoms in total. The zero-order valence-corrected chi connectivity index (χ0v) is 11.9. The molecule has 110 valence electrons. The van der Waals surface area contributed by atoms with Crippen LogP contribution in [0.3, 0.4) is 0 Å². The molecule has 1 heterocycles. The fourth-order valence-corrected chi connectivity index (χ4v) is 2.48. The summed E-state index contributed by atoms with van der Waals surface area (Å²) in [5, 5.41) is 11.5. The Kier molecular flexibility index (Phi) is 6.22. The molecule has 1 aromatic heterocycles. The monoisotopic (exact) mass is 296 g/mol. The molecule has 0 radical (unpaired) electrons. The Morgan fingerprint density at radius 3 is 2.58 bits per heavy atom. The van der Waals surface area contributed by atoms with Gasteiger partial charge in [0.2, 0.25) is 0 Å². The number of thiazole rings is 1. The van der Waals surface area contributed by atoms with Crippen molar-refractivity contribution in [3.05, 3.63) is 16.1 Å². The SMILES string of the molecule is CC(C)c1nc(CN(CCCO)CC(F)(F)F)cs1. The van der Waals surface area contributed by atoms with E-state index in [-0.39, 0.29) is 25.6 Å². The zero-order chi connectivity index (χ0) is 14.5. The Morgan fingerprint density at radius 2 is 2.11 bits per heavy atom. The summed E-state index contributed by atoms with van der Waals surface area (Å²) < 4.78 is 37.3. The highest BCUT2D eigenvalue weighted by atomic mass is 32.1. The van der Waals surface area contributed by atoms with Crippen LogP contribution in [0.1, 0.15) is 36.9 Å². The number of hydrogen-bond donors (Lipinski definition) is 1. The van der Waals surface area contributed by atoms with Gasteiger partial charge in [0, 0.05) is 31.0 Å². The minimum atomic E-state index is -4.23. The topological polar surface area (TPSA) is 36.4 Å². The van der Waals surface area contributed by atoms with Crippen LogP contribution in [-0.4, -0.2) is 40.9 Å². The lowest BCUT2D eigenvalue weighted by atomic mass is 10.2. The van der Waals surface area contributed by atoms with Gasteiger partial charge in [0.1, 0.15) is 0 Å². The van der Waals surface area contributed by atoms with Crippen LogP contribution in [0.5, 0.6) is 0 Å². The van der Waals surface area contributed by atoms with E-state index in [4.69, 9.17) is 5.11 Å². The Labute approximate surface area is 115 Å². The Morgan fingerprint density at radius 1 is 1.42 bits per heavy atom. The van der Waals surface area contributed by atoms with Crippen molar-refractivity contribution in [2.45, 2.75) is 38.9 Å². The first-order valence-corrected chi connectivity index (χ1v) is 7.04. The number of nitrogens with zero attached hydrogens (tertiary/aromatic N) is 2. The van der Waals surface area contributed by atoms with Gasteiger partial charge in [-0.3, -0.25) is 4.90 Å². The van der Waals surface area contributed by atoms with Gasteiger partial charge in [0.25, 0.3) is 0 Å². The molecule has 0 aliphatic carbocycles. The van der Waals surface area contributed by atoms with E-state index in [0.29, 0.717) is 12.1 Å². The van der Waals surface area contributed by atoms with Crippen LogP contribution in [0.15, 0.2) is 5.38 Å². The highest BCUT2D eigenvalue weighted by molar-refractivity contribution is 7.09. The van der Waals surface area contributed by atoms with Crippen molar-refractivity contribution in [2.24, 2.45) is 0 Å². The van der Waals surface area contributed by atoms with Crippen molar-refractivity contribution >= 4 is 11.3 Å². The molecule has 0 saturated heterocycles. The highest BCUT2D eigenvalue weighted by Gasteiger charge is 2.30. The molecule has 0 aliphatic rings. The molecule has 0 fully saturated rings. The number of aliphatic hydroxyl groups is 1. The Hall–Kier alpha value is -0.660. The first kappa shape index (κ1) is 16.4. The average Bonchev–Trinajstić information content (AvgIpc) is 2.72. The molecule has 0 amide bonds. The molecule has 0 aromatic carbocycles. The summed E-state index contributed by atoms with van der Waals surface area (Å²) in [6, 6.07) is 0. The first-order chi connectivity index (χ1) is 8.81. The average molecular weight is 296 g/mol. The minimum absolute atomic E-state index is 0.108. The summed E-state index contributed by atoms with van der Waals surface area (Å²) in [6.07, 6.45) is -3.90. The van der Waals surface area contributed by atoms with Crippen LogP contribution in [0, 0.1) is 0 Å². The van der Waals surface area contributed by atoms with E-state index in [9.17, 15) is 13.2 Å². The van der Waals surface area contributed by atoms with Crippen molar-refractivity contribution in [3.8, 4) is 0 Å². The molecule has 0 spiro atoms. The maximum Gasteiger partial charge on any atom is 0.401 e. The van der Waals surface area contributed by atoms with Crippen molar-refractivity contribution < 1.29 is 18.3 Å². The molecule has 1 rings (SSSR count). The predicted molar refractivity (Wildman–Crippen MR) is 69.2 cm³/mol. The molecule has 0 bridgehead atoms. The molecule has 0 saturated carbocycles. The zero-order valence-electron chi connectivity index (χ0n) is 11.1. The first-order valence-electron chi connectivity index (χ1n) is 6.16. The van der Waals surface area contributed by atoms with Crippen LogP contribution < -0.4 is 0 Å². The molecular weight excluding hydrogens is 277 g/mol. The standard InChI is InChI=1S/C12H19F3N2OS/c1-9(2)11-16-10(7-19-11)6-17(4-3-5-18)8-12(13,14)15/h7,9,18H,3-6,8H2,1-2H3. The van der Waals surface area contributed by atoms with Gasteiger partial charge in [0.15, 0.2) is 0 Å².